The van der Waals surface area contributed by atoms with Crippen LogP contribution in [0.1, 0.15) is 37.9 Å². The molecular formula is C26H31N5O. The Balaban J connectivity index is 1.56. The number of aryl methyl sites for hydroxylation is 3. The van der Waals surface area contributed by atoms with Crippen molar-refractivity contribution in [3.05, 3.63) is 41.7 Å². The second-order valence-corrected chi connectivity index (χ2v) is 9.39. The number of hydrogen-bond acceptors (Lipinski definition) is 5. The average molecular weight is 430 g/mol. The van der Waals surface area contributed by atoms with E-state index in [1.54, 1.807) is 4.68 Å². The van der Waals surface area contributed by atoms with Gasteiger partial charge in [0.1, 0.15) is 5.75 Å². The quantitative estimate of drug-likeness (QED) is 0.446. The molecule has 0 spiro atoms. The first-order chi connectivity index (χ1) is 15.4. The molecule has 0 amide bonds. The Labute approximate surface area is 188 Å². The Morgan fingerprint density at radius 3 is 2.69 bits per heavy atom. The molecule has 1 aliphatic rings. The zero-order chi connectivity index (χ0) is 22.6. The van der Waals surface area contributed by atoms with E-state index in [2.05, 4.69) is 42.0 Å². The summed E-state index contributed by atoms with van der Waals surface area (Å²) in [6.07, 6.45) is 4.42. The number of rotatable bonds is 6. The van der Waals surface area contributed by atoms with Crippen molar-refractivity contribution in [3.8, 4) is 17.1 Å². The lowest BCUT2D eigenvalue weighted by Gasteiger charge is -2.25. The van der Waals surface area contributed by atoms with Gasteiger partial charge in [-0.15, -0.1) is 0 Å². The SMILES string of the molecule is CCCN(CC1C[C@H]1C)c1ccc2nc(-c3cc4cn(C)nc4c(C)c3O)nc(C)c2c1. The summed E-state index contributed by atoms with van der Waals surface area (Å²) >= 11 is 0. The number of aromatic nitrogens is 4. The summed E-state index contributed by atoms with van der Waals surface area (Å²) in [5.41, 5.74) is 5.26. The van der Waals surface area contributed by atoms with Gasteiger partial charge in [0.25, 0.3) is 0 Å². The molecule has 1 saturated carbocycles. The van der Waals surface area contributed by atoms with Gasteiger partial charge in [-0.3, -0.25) is 4.68 Å². The van der Waals surface area contributed by atoms with Gasteiger partial charge in [0.05, 0.1) is 16.6 Å². The minimum Gasteiger partial charge on any atom is -0.507 e. The second-order valence-electron chi connectivity index (χ2n) is 9.39. The van der Waals surface area contributed by atoms with E-state index in [0.29, 0.717) is 11.4 Å². The number of hydrogen-bond donors (Lipinski definition) is 1. The molecule has 1 aliphatic carbocycles. The molecule has 0 bridgehead atoms. The highest BCUT2D eigenvalue weighted by Gasteiger charge is 2.34. The van der Waals surface area contributed by atoms with E-state index in [1.807, 2.05) is 33.2 Å². The standard InChI is InChI=1S/C26H31N5O/c1-6-9-31(14-18-10-15(18)2)20-7-8-23-21(12-20)17(4)27-26(28-23)22-11-19-13-30(5)29-24(19)16(3)25(22)32/h7-8,11-13,15,18,32H,6,9-10,14H2,1-5H3/t15-,18?/m1/s1. The topological polar surface area (TPSA) is 67.1 Å². The molecular weight excluding hydrogens is 398 g/mol. The fourth-order valence-electron chi connectivity index (χ4n) is 4.73. The first-order valence-corrected chi connectivity index (χ1v) is 11.5. The number of aromatic hydroxyl groups is 1. The van der Waals surface area contributed by atoms with Crippen molar-refractivity contribution >= 4 is 27.5 Å². The predicted molar refractivity (Wildman–Crippen MR) is 130 cm³/mol. The highest BCUT2D eigenvalue weighted by Crippen LogP contribution is 2.40. The van der Waals surface area contributed by atoms with Crippen LogP contribution in [-0.4, -0.2) is 37.9 Å². The molecule has 0 radical (unpaired) electrons. The van der Waals surface area contributed by atoms with Crippen LogP contribution < -0.4 is 4.90 Å². The maximum Gasteiger partial charge on any atom is 0.163 e. The average Bonchev–Trinajstić information content (AvgIpc) is 3.32. The van der Waals surface area contributed by atoms with Gasteiger partial charge >= 0.3 is 0 Å². The summed E-state index contributed by atoms with van der Waals surface area (Å²) in [4.78, 5) is 12.1. The van der Waals surface area contributed by atoms with Gasteiger partial charge in [-0.1, -0.05) is 13.8 Å². The molecule has 1 N–H and O–H groups in total. The number of phenols is 1. The van der Waals surface area contributed by atoms with Crippen LogP contribution in [0.5, 0.6) is 5.75 Å². The molecule has 1 unspecified atom stereocenters. The zero-order valence-corrected chi connectivity index (χ0v) is 19.6. The van der Waals surface area contributed by atoms with Crippen molar-refractivity contribution in [2.75, 3.05) is 18.0 Å². The Morgan fingerprint density at radius 2 is 1.97 bits per heavy atom. The van der Waals surface area contributed by atoms with Crippen LogP contribution in [0, 0.1) is 25.7 Å². The lowest BCUT2D eigenvalue weighted by Crippen LogP contribution is -2.26. The zero-order valence-electron chi connectivity index (χ0n) is 19.6. The first kappa shape index (κ1) is 20.7. The molecule has 2 aromatic carbocycles. The molecule has 6 heteroatoms. The molecule has 2 heterocycles. The van der Waals surface area contributed by atoms with Crippen molar-refractivity contribution in [2.24, 2.45) is 18.9 Å². The van der Waals surface area contributed by atoms with Gasteiger partial charge in [0.15, 0.2) is 5.82 Å². The van der Waals surface area contributed by atoms with Gasteiger partial charge in [-0.25, -0.2) is 9.97 Å². The summed E-state index contributed by atoms with van der Waals surface area (Å²) in [7, 11) is 1.89. The lowest BCUT2D eigenvalue weighted by atomic mass is 10.0. The summed E-state index contributed by atoms with van der Waals surface area (Å²) in [6.45, 7) is 10.7. The van der Waals surface area contributed by atoms with E-state index in [1.165, 1.54) is 12.1 Å². The van der Waals surface area contributed by atoms with Crippen LogP contribution in [0.3, 0.4) is 0 Å². The fraction of sp³-hybridized carbons (Fsp3) is 0.423. The molecule has 166 valence electrons. The van der Waals surface area contributed by atoms with E-state index >= 15 is 0 Å². The summed E-state index contributed by atoms with van der Waals surface area (Å²) < 4.78 is 1.76. The normalized spacial score (nSPS) is 17.9. The van der Waals surface area contributed by atoms with Crippen molar-refractivity contribution in [2.45, 2.75) is 40.5 Å². The minimum absolute atomic E-state index is 0.194. The van der Waals surface area contributed by atoms with Gasteiger partial charge < -0.3 is 10.0 Å². The maximum atomic E-state index is 10.9. The second kappa shape index (κ2) is 7.76. The van der Waals surface area contributed by atoms with Crippen LogP contribution in [-0.2, 0) is 7.05 Å². The van der Waals surface area contributed by atoms with E-state index in [-0.39, 0.29) is 5.75 Å². The van der Waals surface area contributed by atoms with E-state index in [0.717, 1.165) is 64.4 Å². The molecule has 2 aromatic heterocycles. The molecule has 1 fully saturated rings. The Hall–Kier alpha value is -3.15. The van der Waals surface area contributed by atoms with Crippen LogP contribution in [0.25, 0.3) is 33.2 Å². The van der Waals surface area contributed by atoms with Gasteiger partial charge in [-0.05, 0) is 62.8 Å². The molecule has 0 aliphatic heterocycles. The van der Waals surface area contributed by atoms with Crippen molar-refractivity contribution < 1.29 is 5.11 Å². The molecule has 4 aromatic rings. The number of phenolic OH excluding ortho intramolecular Hbond substituents is 1. The largest absolute Gasteiger partial charge is 0.507 e. The summed E-state index contributed by atoms with van der Waals surface area (Å²) in [5.74, 6) is 2.40. The Bertz CT molecular complexity index is 1330. The number of anilines is 1. The van der Waals surface area contributed by atoms with E-state index < -0.39 is 0 Å². The predicted octanol–water partition coefficient (Wildman–Crippen LogP) is 5.38. The highest BCUT2D eigenvalue weighted by molar-refractivity contribution is 5.92. The summed E-state index contributed by atoms with van der Waals surface area (Å²) in [6, 6.07) is 8.43. The van der Waals surface area contributed by atoms with Crippen molar-refractivity contribution in [1.82, 2.24) is 19.7 Å². The van der Waals surface area contributed by atoms with Crippen LogP contribution in [0.2, 0.25) is 0 Å². The third-order valence-electron chi connectivity index (χ3n) is 6.82. The number of benzene rings is 2. The van der Waals surface area contributed by atoms with Gasteiger partial charge in [-0.2, -0.15) is 5.10 Å². The first-order valence-electron chi connectivity index (χ1n) is 11.5. The highest BCUT2D eigenvalue weighted by atomic mass is 16.3. The molecule has 6 nitrogen and oxygen atoms in total. The van der Waals surface area contributed by atoms with Crippen LogP contribution in [0.4, 0.5) is 5.69 Å². The van der Waals surface area contributed by atoms with Gasteiger partial charge in [0, 0.05) is 54.1 Å². The third kappa shape index (κ3) is 3.57. The maximum absolute atomic E-state index is 10.9. The molecule has 0 saturated heterocycles. The van der Waals surface area contributed by atoms with Crippen LogP contribution in [0.15, 0.2) is 30.5 Å². The van der Waals surface area contributed by atoms with Crippen molar-refractivity contribution in [3.63, 3.8) is 0 Å². The minimum atomic E-state index is 0.194. The number of fused-ring (bicyclic) bond motifs is 2. The lowest BCUT2D eigenvalue weighted by molar-refractivity contribution is 0.473. The van der Waals surface area contributed by atoms with Crippen LogP contribution >= 0.6 is 0 Å². The third-order valence-corrected chi connectivity index (χ3v) is 6.82. The molecule has 2 atom stereocenters. The number of nitrogens with zero attached hydrogens (tertiary/aromatic N) is 5. The molecule has 32 heavy (non-hydrogen) atoms. The fourth-order valence-corrected chi connectivity index (χ4v) is 4.73. The van der Waals surface area contributed by atoms with Crippen molar-refractivity contribution in [1.29, 1.82) is 0 Å². The van der Waals surface area contributed by atoms with E-state index in [4.69, 9.17) is 9.97 Å². The smallest absolute Gasteiger partial charge is 0.163 e. The molecule has 5 rings (SSSR count). The van der Waals surface area contributed by atoms with Gasteiger partial charge in [0.2, 0.25) is 0 Å². The van der Waals surface area contributed by atoms with E-state index in [9.17, 15) is 5.11 Å². The Kier molecular flexibility index (Phi) is 5.03. The summed E-state index contributed by atoms with van der Waals surface area (Å²) in [5, 5.41) is 17.4. The monoisotopic (exact) mass is 429 g/mol. The Morgan fingerprint density at radius 1 is 1.19 bits per heavy atom.